The molecule has 0 aliphatic rings. The minimum atomic E-state index is 0.684. The topological polar surface area (TPSA) is 18.5 Å². The minimum Gasteiger partial charge on any atom is -0.493 e. The van der Waals surface area contributed by atoms with Crippen LogP contribution in [0.3, 0.4) is 0 Å². The maximum atomic E-state index is 5.92. The van der Waals surface area contributed by atoms with Crippen LogP contribution in [0.25, 0.3) is 6.08 Å². The van der Waals surface area contributed by atoms with Gasteiger partial charge in [-0.05, 0) is 49.9 Å². The fourth-order valence-corrected chi connectivity index (χ4v) is 2.33. The summed E-state index contributed by atoms with van der Waals surface area (Å²) in [5.41, 5.74) is 3.75. The second kappa shape index (κ2) is 8.28. The van der Waals surface area contributed by atoms with Crippen LogP contribution in [0.1, 0.15) is 31.4 Å². The highest BCUT2D eigenvalue weighted by atomic mass is 16.5. The lowest BCUT2D eigenvalue weighted by molar-refractivity contribution is 0.289. The summed E-state index contributed by atoms with van der Waals surface area (Å²) in [5.74, 6) is 1.59. The van der Waals surface area contributed by atoms with E-state index in [4.69, 9.17) is 9.47 Å². The van der Waals surface area contributed by atoms with Crippen LogP contribution in [-0.4, -0.2) is 13.7 Å². The van der Waals surface area contributed by atoms with Gasteiger partial charge in [0, 0.05) is 0 Å². The molecule has 0 aliphatic carbocycles. The van der Waals surface area contributed by atoms with Crippen molar-refractivity contribution in [2.75, 3.05) is 13.7 Å². The molecule has 0 amide bonds. The molecule has 0 spiro atoms. The summed E-state index contributed by atoms with van der Waals surface area (Å²) in [4.78, 5) is 0. The van der Waals surface area contributed by atoms with E-state index in [9.17, 15) is 0 Å². The van der Waals surface area contributed by atoms with E-state index in [2.05, 4.69) is 44.2 Å². The van der Waals surface area contributed by atoms with E-state index < -0.39 is 0 Å². The Morgan fingerprint density at radius 2 is 1.77 bits per heavy atom. The van der Waals surface area contributed by atoms with E-state index in [0.29, 0.717) is 6.61 Å². The first-order valence-corrected chi connectivity index (χ1v) is 7.68. The van der Waals surface area contributed by atoms with Crippen molar-refractivity contribution >= 4 is 6.08 Å². The number of hydrogen-bond acceptors (Lipinski definition) is 2. The Morgan fingerprint density at radius 3 is 2.45 bits per heavy atom. The van der Waals surface area contributed by atoms with Crippen molar-refractivity contribution in [1.82, 2.24) is 0 Å². The highest BCUT2D eigenvalue weighted by Gasteiger charge is 2.05. The number of aryl methyl sites for hydroxylation is 1. The molecular formula is C20H24O2. The Labute approximate surface area is 133 Å². The summed E-state index contributed by atoms with van der Waals surface area (Å²) < 4.78 is 11.3. The number of allylic oxidation sites excluding steroid dienone is 1. The summed E-state index contributed by atoms with van der Waals surface area (Å²) in [5, 5.41) is 0. The highest BCUT2D eigenvalue weighted by molar-refractivity contribution is 5.57. The van der Waals surface area contributed by atoms with E-state index in [-0.39, 0.29) is 0 Å². The quantitative estimate of drug-likeness (QED) is 0.659. The van der Waals surface area contributed by atoms with Crippen molar-refractivity contribution in [2.45, 2.75) is 26.7 Å². The van der Waals surface area contributed by atoms with Gasteiger partial charge in [0.2, 0.25) is 0 Å². The molecule has 0 atom stereocenters. The molecule has 2 aromatic carbocycles. The molecule has 0 N–H and O–H groups in total. The molecule has 2 heteroatoms. The minimum absolute atomic E-state index is 0.684. The molecular weight excluding hydrogens is 272 g/mol. The smallest absolute Gasteiger partial charge is 0.161 e. The van der Waals surface area contributed by atoms with Crippen molar-refractivity contribution in [3.05, 3.63) is 65.2 Å². The third-order valence-electron chi connectivity index (χ3n) is 3.35. The molecule has 0 saturated carbocycles. The summed E-state index contributed by atoms with van der Waals surface area (Å²) in [6.07, 6.45) is 4.15. The SMILES string of the molecule is COc1ccc(C=C(C)C)cc1OCCCc1ccccc1. The van der Waals surface area contributed by atoms with Gasteiger partial charge in [-0.2, -0.15) is 0 Å². The number of benzene rings is 2. The molecule has 22 heavy (non-hydrogen) atoms. The molecule has 0 aromatic heterocycles. The maximum Gasteiger partial charge on any atom is 0.161 e. The molecule has 0 heterocycles. The second-order valence-corrected chi connectivity index (χ2v) is 5.57. The predicted octanol–water partition coefficient (Wildman–Crippen LogP) is 5.13. The number of ether oxygens (including phenoxy) is 2. The van der Waals surface area contributed by atoms with Crippen LogP contribution in [0.15, 0.2) is 54.1 Å². The number of hydrogen-bond donors (Lipinski definition) is 0. The van der Waals surface area contributed by atoms with Crippen LogP contribution >= 0.6 is 0 Å². The monoisotopic (exact) mass is 296 g/mol. The van der Waals surface area contributed by atoms with Gasteiger partial charge >= 0.3 is 0 Å². The molecule has 0 unspecified atom stereocenters. The van der Waals surface area contributed by atoms with Gasteiger partial charge in [-0.25, -0.2) is 0 Å². The van der Waals surface area contributed by atoms with E-state index in [1.165, 1.54) is 11.1 Å². The van der Waals surface area contributed by atoms with Gasteiger partial charge in [0.15, 0.2) is 11.5 Å². The van der Waals surface area contributed by atoms with E-state index in [0.717, 1.165) is 29.9 Å². The fourth-order valence-electron chi connectivity index (χ4n) is 2.33. The largest absolute Gasteiger partial charge is 0.493 e. The first kappa shape index (κ1) is 16.2. The van der Waals surface area contributed by atoms with Crippen LogP contribution < -0.4 is 9.47 Å². The van der Waals surface area contributed by atoms with Gasteiger partial charge < -0.3 is 9.47 Å². The lowest BCUT2D eigenvalue weighted by Gasteiger charge is -2.11. The van der Waals surface area contributed by atoms with Crippen LogP contribution in [0, 0.1) is 0 Å². The van der Waals surface area contributed by atoms with Gasteiger partial charge in [0.05, 0.1) is 13.7 Å². The molecule has 2 rings (SSSR count). The zero-order valence-electron chi connectivity index (χ0n) is 13.6. The van der Waals surface area contributed by atoms with Gasteiger partial charge in [0.1, 0.15) is 0 Å². The average Bonchev–Trinajstić information content (AvgIpc) is 2.52. The van der Waals surface area contributed by atoms with Crippen molar-refractivity contribution in [1.29, 1.82) is 0 Å². The third-order valence-corrected chi connectivity index (χ3v) is 3.35. The molecule has 2 nitrogen and oxygen atoms in total. The van der Waals surface area contributed by atoms with E-state index in [1.54, 1.807) is 7.11 Å². The van der Waals surface area contributed by atoms with Gasteiger partial charge in [-0.1, -0.05) is 48.0 Å². The first-order chi connectivity index (χ1) is 10.7. The standard InChI is InChI=1S/C20H24O2/c1-16(2)14-18-11-12-19(21-3)20(15-18)22-13-7-10-17-8-5-4-6-9-17/h4-6,8-9,11-12,14-15H,7,10,13H2,1-3H3. The molecule has 0 bridgehead atoms. The van der Waals surface area contributed by atoms with Crippen LogP contribution in [0.4, 0.5) is 0 Å². The average molecular weight is 296 g/mol. The molecule has 0 saturated heterocycles. The van der Waals surface area contributed by atoms with Gasteiger partial charge in [-0.3, -0.25) is 0 Å². The predicted molar refractivity (Wildman–Crippen MR) is 92.6 cm³/mol. The molecule has 2 aromatic rings. The first-order valence-electron chi connectivity index (χ1n) is 7.68. The van der Waals surface area contributed by atoms with Crippen LogP contribution in [-0.2, 0) is 6.42 Å². The lowest BCUT2D eigenvalue weighted by atomic mass is 10.1. The molecule has 0 fully saturated rings. The van der Waals surface area contributed by atoms with Crippen LogP contribution in [0.5, 0.6) is 11.5 Å². The fraction of sp³-hybridized carbons (Fsp3) is 0.300. The Morgan fingerprint density at radius 1 is 1.00 bits per heavy atom. The maximum absolute atomic E-state index is 5.92. The Kier molecular flexibility index (Phi) is 6.08. The zero-order valence-corrected chi connectivity index (χ0v) is 13.6. The lowest BCUT2D eigenvalue weighted by Crippen LogP contribution is -2.01. The summed E-state index contributed by atoms with van der Waals surface area (Å²) in [6.45, 7) is 4.86. The zero-order chi connectivity index (χ0) is 15.8. The van der Waals surface area contributed by atoms with Gasteiger partial charge in [0.25, 0.3) is 0 Å². The van der Waals surface area contributed by atoms with Crippen molar-refractivity contribution in [3.63, 3.8) is 0 Å². The second-order valence-electron chi connectivity index (χ2n) is 5.57. The Hall–Kier alpha value is -2.22. The van der Waals surface area contributed by atoms with Crippen molar-refractivity contribution in [3.8, 4) is 11.5 Å². The Balaban J connectivity index is 1.94. The van der Waals surface area contributed by atoms with E-state index >= 15 is 0 Å². The van der Waals surface area contributed by atoms with Gasteiger partial charge in [-0.15, -0.1) is 0 Å². The molecule has 116 valence electrons. The molecule has 0 aliphatic heterocycles. The van der Waals surface area contributed by atoms with Crippen molar-refractivity contribution < 1.29 is 9.47 Å². The van der Waals surface area contributed by atoms with Crippen LogP contribution in [0.2, 0.25) is 0 Å². The molecule has 0 radical (unpaired) electrons. The number of methoxy groups -OCH3 is 1. The van der Waals surface area contributed by atoms with Crippen molar-refractivity contribution in [2.24, 2.45) is 0 Å². The highest BCUT2D eigenvalue weighted by Crippen LogP contribution is 2.29. The number of rotatable bonds is 7. The van der Waals surface area contributed by atoms with E-state index in [1.807, 2.05) is 24.3 Å². The summed E-state index contributed by atoms with van der Waals surface area (Å²) >= 11 is 0. The summed E-state index contributed by atoms with van der Waals surface area (Å²) in [6, 6.07) is 16.5. The normalized spacial score (nSPS) is 10.1. The summed E-state index contributed by atoms with van der Waals surface area (Å²) in [7, 11) is 1.67. The Bertz CT molecular complexity index is 611. The third kappa shape index (κ3) is 4.96.